The molecule has 1 aromatic rings. The van der Waals surface area contributed by atoms with E-state index in [1.165, 1.54) is 12.0 Å². The lowest BCUT2D eigenvalue weighted by molar-refractivity contribution is -0.121. The number of halogens is 1. The predicted molar refractivity (Wildman–Crippen MR) is 67.5 cm³/mol. The Morgan fingerprint density at radius 3 is 2.67 bits per heavy atom. The van der Waals surface area contributed by atoms with Gasteiger partial charge >= 0.3 is 5.97 Å². The van der Waals surface area contributed by atoms with Crippen LogP contribution in [0.3, 0.4) is 0 Å². The van der Waals surface area contributed by atoms with Crippen LogP contribution in [0.1, 0.15) is 16.8 Å². The number of benzene rings is 1. The van der Waals surface area contributed by atoms with E-state index in [9.17, 15) is 14.4 Å². The van der Waals surface area contributed by atoms with Crippen LogP contribution in [-0.2, 0) is 14.3 Å². The smallest absolute Gasteiger partial charge is 0.339 e. The Bertz CT molecular complexity index is 541. The number of Topliss-reactive ketones (excluding diaryl/α,β-unsaturated/α-hetero) is 1. The predicted octanol–water partition coefficient (Wildman–Crippen LogP) is 1.54. The molecule has 1 saturated heterocycles. The van der Waals surface area contributed by atoms with Crippen LogP contribution in [0.2, 0.25) is 0 Å². The van der Waals surface area contributed by atoms with Crippen LogP contribution in [0, 0.1) is 0 Å². The number of amides is 1. The Morgan fingerprint density at radius 2 is 2.11 bits per heavy atom. The fraction of sp³-hybridized carbons (Fsp3) is 0.250. The minimum atomic E-state index is -0.498. The van der Waals surface area contributed by atoms with Crippen molar-refractivity contribution >= 4 is 39.3 Å². The largest absolute Gasteiger partial charge is 0.465 e. The number of methoxy groups -OCH3 is 1. The van der Waals surface area contributed by atoms with Gasteiger partial charge in [0.05, 0.1) is 35.8 Å². The highest BCUT2D eigenvalue weighted by atomic mass is 79.9. The van der Waals surface area contributed by atoms with Crippen molar-refractivity contribution in [1.29, 1.82) is 0 Å². The second kappa shape index (κ2) is 4.89. The highest BCUT2D eigenvalue weighted by Crippen LogP contribution is 2.32. The first-order valence-electron chi connectivity index (χ1n) is 5.23. The Labute approximate surface area is 112 Å². The Balaban J connectivity index is 2.43. The van der Waals surface area contributed by atoms with Crippen molar-refractivity contribution in [3.05, 3.63) is 28.2 Å². The summed E-state index contributed by atoms with van der Waals surface area (Å²) in [7, 11) is 1.28. The normalized spacial score (nSPS) is 15.1. The summed E-state index contributed by atoms with van der Waals surface area (Å²) in [6.45, 7) is 0.0437. The lowest BCUT2D eigenvalue weighted by Crippen LogP contribution is -2.25. The molecule has 18 heavy (non-hydrogen) atoms. The van der Waals surface area contributed by atoms with E-state index < -0.39 is 5.97 Å². The fourth-order valence-corrected chi connectivity index (χ4v) is 2.44. The number of esters is 1. The van der Waals surface area contributed by atoms with Crippen LogP contribution in [0.15, 0.2) is 22.7 Å². The number of nitrogens with zero attached hydrogens (tertiary/aromatic N) is 1. The monoisotopic (exact) mass is 311 g/mol. The summed E-state index contributed by atoms with van der Waals surface area (Å²) in [5, 5.41) is 0. The van der Waals surface area contributed by atoms with E-state index in [1.807, 2.05) is 0 Å². The second-order valence-electron chi connectivity index (χ2n) is 3.83. The van der Waals surface area contributed by atoms with Crippen LogP contribution in [0.5, 0.6) is 0 Å². The minimum absolute atomic E-state index is 0.0437. The van der Waals surface area contributed by atoms with Gasteiger partial charge in [0.2, 0.25) is 5.91 Å². The van der Waals surface area contributed by atoms with Gasteiger partial charge in [0.1, 0.15) is 0 Å². The van der Waals surface area contributed by atoms with Crippen molar-refractivity contribution in [2.75, 3.05) is 18.6 Å². The molecule has 0 unspecified atom stereocenters. The number of anilines is 1. The molecular weight excluding hydrogens is 302 g/mol. The quantitative estimate of drug-likeness (QED) is 0.614. The van der Waals surface area contributed by atoms with Crippen molar-refractivity contribution in [2.24, 2.45) is 0 Å². The molecule has 2 rings (SSSR count). The maximum Gasteiger partial charge on any atom is 0.339 e. The van der Waals surface area contributed by atoms with Gasteiger partial charge in [0, 0.05) is 0 Å². The van der Waals surface area contributed by atoms with E-state index in [2.05, 4.69) is 20.7 Å². The number of hydrogen-bond donors (Lipinski definition) is 0. The van der Waals surface area contributed by atoms with Crippen molar-refractivity contribution in [1.82, 2.24) is 0 Å². The molecule has 5 nitrogen and oxygen atoms in total. The molecule has 0 saturated carbocycles. The van der Waals surface area contributed by atoms with Gasteiger partial charge in [0.15, 0.2) is 5.78 Å². The van der Waals surface area contributed by atoms with Gasteiger partial charge in [-0.2, -0.15) is 0 Å². The molecule has 0 radical (unpaired) electrons. The highest BCUT2D eigenvalue weighted by molar-refractivity contribution is 9.10. The van der Waals surface area contributed by atoms with E-state index in [-0.39, 0.29) is 24.7 Å². The van der Waals surface area contributed by atoms with E-state index in [0.717, 1.165) is 0 Å². The third-order valence-electron chi connectivity index (χ3n) is 2.66. The lowest BCUT2D eigenvalue weighted by Gasteiger charge is -2.17. The molecule has 1 aliphatic rings. The lowest BCUT2D eigenvalue weighted by atomic mass is 10.2. The van der Waals surface area contributed by atoms with Gasteiger partial charge in [-0.3, -0.25) is 9.59 Å². The van der Waals surface area contributed by atoms with Crippen LogP contribution in [0.4, 0.5) is 5.69 Å². The fourth-order valence-electron chi connectivity index (χ4n) is 1.80. The molecule has 1 amide bonds. The molecule has 94 valence electrons. The number of hydrogen-bond acceptors (Lipinski definition) is 4. The van der Waals surface area contributed by atoms with E-state index in [0.29, 0.717) is 15.7 Å². The maximum absolute atomic E-state index is 11.7. The Kier molecular flexibility index (Phi) is 3.47. The first-order chi connectivity index (χ1) is 8.54. The summed E-state index contributed by atoms with van der Waals surface area (Å²) in [6, 6.07) is 4.90. The van der Waals surface area contributed by atoms with Gasteiger partial charge in [-0.1, -0.05) is 6.07 Å². The number of rotatable bonds is 2. The van der Waals surface area contributed by atoms with Gasteiger partial charge in [0.25, 0.3) is 0 Å². The standard InChI is InChI=1S/C12H10BrNO4/c1-18-12(17)8-3-2-4-9(11(8)13)14-6-7(15)5-10(14)16/h2-4H,5-6H2,1H3. The molecule has 1 aliphatic heterocycles. The van der Waals surface area contributed by atoms with E-state index >= 15 is 0 Å². The molecule has 0 bridgehead atoms. The van der Waals surface area contributed by atoms with Crippen LogP contribution in [-0.4, -0.2) is 31.3 Å². The number of ketones is 1. The van der Waals surface area contributed by atoms with Gasteiger partial charge in [-0.15, -0.1) is 0 Å². The summed E-state index contributed by atoms with van der Waals surface area (Å²) in [6.07, 6.45) is -0.0884. The van der Waals surface area contributed by atoms with Crippen molar-refractivity contribution in [3.63, 3.8) is 0 Å². The average Bonchev–Trinajstić information content (AvgIpc) is 2.68. The number of carbonyl (C=O) groups is 3. The van der Waals surface area contributed by atoms with Crippen molar-refractivity contribution in [3.8, 4) is 0 Å². The molecule has 1 heterocycles. The van der Waals surface area contributed by atoms with Crippen LogP contribution >= 0.6 is 15.9 Å². The summed E-state index contributed by atoms with van der Waals surface area (Å²) < 4.78 is 5.10. The van der Waals surface area contributed by atoms with Crippen LogP contribution < -0.4 is 4.90 Å². The molecule has 0 aromatic heterocycles. The maximum atomic E-state index is 11.7. The summed E-state index contributed by atoms with van der Waals surface area (Å²) in [5.41, 5.74) is 0.830. The molecule has 1 fully saturated rings. The molecular formula is C12H10BrNO4. The van der Waals surface area contributed by atoms with Crippen LogP contribution in [0.25, 0.3) is 0 Å². The zero-order valence-electron chi connectivity index (χ0n) is 9.60. The summed E-state index contributed by atoms with van der Waals surface area (Å²) in [4.78, 5) is 35.8. The highest BCUT2D eigenvalue weighted by Gasteiger charge is 2.30. The van der Waals surface area contributed by atoms with Gasteiger partial charge < -0.3 is 9.64 Å². The first kappa shape index (κ1) is 12.8. The topological polar surface area (TPSA) is 63.7 Å². The molecule has 0 aliphatic carbocycles. The van der Waals surface area contributed by atoms with E-state index in [1.54, 1.807) is 18.2 Å². The van der Waals surface area contributed by atoms with Crippen molar-refractivity contribution in [2.45, 2.75) is 6.42 Å². The zero-order chi connectivity index (χ0) is 13.3. The molecule has 0 atom stereocenters. The average molecular weight is 312 g/mol. The number of carbonyl (C=O) groups excluding carboxylic acids is 3. The summed E-state index contributed by atoms with van der Waals surface area (Å²) in [5.74, 6) is -0.889. The van der Waals surface area contributed by atoms with E-state index in [4.69, 9.17) is 0 Å². The third-order valence-corrected chi connectivity index (χ3v) is 3.49. The minimum Gasteiger partial charge on any atom is -0.465 e. The zero-order valence-corrected chi connectivity index (χ0v) is 11.2. The summed E-state index contributed by atoms with van der Waals surface area (Å²) >= 11 is 3.27. The molecule has 0 N–H and O–H groups in total. The molecule has 0 spiro atoms. The Morgan fingerprint density at radius 1 is 1.39 bits per heavy atom. The Hall–Kier alpha value is -1.69. The van der Waals surface area contributed by atoms with Gasteiger partial charge in [-0.25, -0.2) is 4.79 Å². The van der Waals surface area contributed by atoms with Gasteiger partial charge in [-0.05, 0) is 28.1 Å². The first-order valence-corrected chi connectivity index (χ1v) is 6.02. The second-order valence-corrected chi connectivity index (χ2v) is 4.62. The molecule has 6 heteroatoms. The van der Waals surface area contributed by atoms with Crippen molar-refractivity contribution < 1.29 is 19.1 Å². The number of ether oxygens (including phenoxy) is 1. The third kappa shape index (κ3) is 2.15. The SMILES string of the molecule is COC(=O)c1cccc(N2CC(=O)CC2=O)c1Br. The molecule has 1 aromatic carbocycles.